The second-order valence-electron chi connectivity index (χ2n) is 4.05. The third-order valence-electron chi connectivity index (χ3n) is 2.98. The van der Waals surface area contributed by atoms with Crippen LogP contribution in [0, 0.1) is 0 Å². The quantitative estimate of drug-likeness (QED) is 0.816. The van der Waals surface area contributed by atoms with Crippen LogP contribution in [0.15, 0.2) is 18.2 Å². The van der Waals surface area contributed by atoms with Gasteiger partial charge in [-0.1, -0.05) is 23.7 Å². The van der Waals surface area contributed by atoms with E-state index in [-0.39, 0.29) is 0 Å². The van der Waals surface area contributed by atoms with E-state index in [0.29, 0.717) is 16.5 Å². The molecule has 1 fully saturated rings. The topological polar surface area (TPSA) is 12.0 Å². The summed E-state index contributed by atoms with van der Waals surface area (Å²) in [5, 5.41) is 3.84. The van der Waals surface area contributed by atoms with Crippen molar-refractivity contribution in [2.45, 2.75) is 25.4 Å². The summed E-state index contributed by atoms with van der Waals surface area (Å²) in [6.45, 7) is 3.49. The van der Waals surface area contributed by atoms with Gasteiger partial charge >= 0.3 is 0 Å². The van der Waals surface area contributed by atoms with Gasteiger partial charge in [0.1, 0.15) is 6.17 Å². The fraction of sp³-hybridized carbons (Fsp3) is 0.500. The Balaban J connectivity index is 2.40. The van der Waals surface area contributed by atoms with Crippen molar-refractivity contribution in [3.05, 3.63) is 34.3 Å². The zero-order chi connectivity index (χ0) is 10.8. The normalized spacial score (nSPS) is 23.0. The molecule has 0 bridgehead atoms. The van der Waals surface area contributed by atoms with Crippen molar-refractivity contribution in [3.8, 4) is 0 Å². The molecule has 1 nitrogen and oxygen atoms in total. The van der Waals surface area contributed by atoms with Gasteiger partial charge in [-0.15, -0.1) is 0 Å². The van der Waals surface area contributed by atoms with Crippen LogP contribution in [0.2, 0.25) is 5.02 Å². The standard InChI is InChI=1S/C12H15ClFN/c1-8(14)12-10(3-2-4-11(12)13)9-5-6-15-7-9/h2-4,8-9,15H,5-7H2,1H3. The van der Waals surface area contributed by atoms with Crippen molar-refractivity contribution in [2.75, 3.05) is 13.1 Å². The molecule has 82 valence electrons. The predicted octanol–water partition coefficient (Wildman–Crippen LogP) is 3.45. The highest BCUT2D eigenvalue weighted by Gasteiger charge is 2.23. The SMILES string of the molecule is CC(F)c1c(Cl)cccc1C1CCNC1. The van der Waals surface area contributed by atoms with Gasteiger partial charge in [-0.05, 0) is 37.4 Å². The van der Waals surface area contributed by atoms with Gasteiger partial charge in [0.15, 0.2) is 0 Å². The maximum atomic E-state index is 13.5. The number of alkyl halides is 1. The largest absolute Gasteiger partial charge is 0.316 e. The molecule has 1 heterocycles. The first-order chi connectivity index (χ1) is 7.20. The van der Waals surface area contributed by atoms with Crippen molar-refractivity contribution in [3.63, 3.8) is 0 Å². The van der Waals surface area contributed by atoms with Crippen molar-refractivity contribution < 1.29 is 4.39 Å². The molecule has 2 unspecified atom stereocenters. The molecule has 1 aliphatic heterocycles. The van der Waals surface area contributed by atoms with Crippen LogP contribution in [0.25, 0.3) is 0 Å². The number of hydrogen-bond acceptors (Lipinski definition) is 1. The molecule has 0 aliphatic carbocycles. The Morgan fingerprint density at radius 1 is 1.53 bits per heavy atom. The Bertz CT molecular complexity index is 345. The molecule has 1 saturated heterocycles. The lowest BCUT2D eigenvalue weighted by atomic mass is 9.92. The zero-order valence-corrected chi connectivity index (χ0v) is 9.52. The van der Waals surface area contributed by atoms with Gasteiger partial charge in [-0.3, -0.25) is 0 Å². The van der Waals surface area contributed by atoms with Gasteiger partial charge in [-0.25, -0.2) is 4.39 Å². The summed E-state index contributed by atoms with van der Waals surface area (Å²) in [6, 6.07) is 5.66. The maximum Gasteiger partial charge on any atom is 0.124 e. The van der Waals surface area contributed by atoms with Gasteiger partial charge in [0, 0.05) is 17.1 Å². The molecule has 0 radical (unpaired) electrons. The molecule has 1 aromatic carbocycles. The Morgan fingerprint density at radius 2 is 2.33 bits per heavy atom. The lowest BCUT2D eigenvalue weighted by Gasteiger charge is -2.17. The smallest absolute Gasteiger partial charge is 0.124 e. The Labute approximate surface area is 94.6 Å². The molecule has 1 aliphatic rings. The first-order valence-corrected chi connectivity index (χ1v) is 5.71. The molecule has 15 heavy (non-hydrogen) atoms. The van der Waals surface area contributed by atoms with E-state index in [0.717, 1.165) is 25.1 Å². The lowest BCUT2D eigenvalue weighted by molar-refractivity contribution is 0.370. The molecule has 1 N–H and O–H groups in total. The van der Waals surface area contributed by atoms with E-state index >= 15 is 0 Å². The monoisotopic (exact) mass is 227 g/mol. The van der Waals surface area contributed by atoms with E-state index in [4.69, 9.17) is 11.6 Å². The molecule has 2 atom stereocenters. The fourth-order valence-electron chi connectivity index (χ4n) is 2.25. The third kappa shape index (κ3) is 2.16. The second-order valence-corrected chi connectivity index (χ2v) is 4.46. The van der Waals surface area contributed by atoms with Crippen LogP contribution in [-0.2, 0) is 0 Å². The number of halogens is 2. The van der Waals surface area contributed by atoms with Crippen LogP contribution >= 0.6 is 11.6 Å². The van der Waals surface area contributed by atoms with Crippen molar-refractivity contribution in [2.24, 2.45) is 0 Å². The third-order valence-corrected chi connectivity index (χ3v) is 3.31. The first kappa shape index (κ1) is 10.9. The number of hydrogen-bond donors (Lipinski definition) is 1. The van der Waals surface area contributed by atoms with Gasteiger partial charge in [0.25, 0.3) is 0 Å². The second kappa shape index (κ2) is 4.50. The molecule has 0 amide bonds. The molecule has 0 spiro atoms. The van der Waals surface area contributed by atoms with Crippen LogP contribution in [0.5, 0.6) is 0 Å². The van der Waals surface area contributed by atoms with Crippen molar-refractivity contribution in [1.29, 1.82) is 0 Å². The fourth-order valence-corrected chi connectivity index (χ4v) is 2.58. The summed E-state index contributed by atoms with van der Waals surface area (Å²) in [5.41, 5.74) is 1.75. The van der Waals surface area contributed by atoms with Gasteiger partial charge < -0.3 is 5.32 Å². The van der Waals surface area contributed by atoms with E-state index < -0.39 is 6.17 Å². The van der Waals surface area contributed by atoms with Gasteiger partial charge in [-0.2, -0.15) is 0 Å². The van der Waals surface area contributed by atoms with Crippen molar-refractivity contribution in [1.82, 2.24) is 5.32 Å². The molecular formula is C12H15ClFN. The summed E-state index contributed by atoms with van der Waals surface area (Å²) < 4.78 is 13.5. The summed E-state index contributed by atoms with van der Waals surface area (Å²) in [4.78, 5) is 0. The summed E-state index contributed by atoms with van der Waals surface area (Å²) in [5.74, 6) is 0.414. The number of benzene rings is 1. The highest BCUT2D eigenvalue weighted by molar-refractivity contribution is 6.31. The molecule has 1 aromatic rings. The first-order valence-electron chi connectivity index (χ1n) is 5.33. The van der Waals surface area contributed by atoms with Crippen LogP contribution in [0.4, 0.5) is 4.39 Å². The van der Waals surface area contributed by atoms with E-state index in [1.165, 1.54) is 0 Å². The molecule has 0 aromatic heterocycles. The van der Waals surface area contributed by atoms with E-state index in [1.54, 1.807) is 13.0 Å². The Hall–Kier alpha value is -0.600. The minimum Gasteiger partial charge on any atom is -0.316 e. The molecule has 3 heteroatoms. The Kier molecular flexibility index (Phi) is 3.27. The number of rotatable bonds is 2. The Morgan fingerprint density at radius 3 is 2.93 bits per heavy atom. The van der Waals surface area contributed by atoms with Crippen molar-refractivity contribution >= 4 is 11.6 Å². The van der Waals surface area contributed by atoms with Crippen LogP contribution in [0.1, 0.15) is 36.6 Å². The predicted molar refractivity (Wildman–Crippen MR) is 61.2 cm³/mol. The molecule has 0 saturated carbocycles. The van der Waals surface area contributed by atoms with Crippen LogP contribution < -0.4 is 5.32 Å². The highest BCUT2D eigenvalue weighted by atomic mass is 35.5. The minimum absolute atomic E-state index is 0.414. The van der Waals surface area contributed by atoms with Gasteiger partial charge in [0.05, 0.1) is 0 Å². The van der Waals surface area contributed by atoms with E-state index in [9.17, 15) is 4.39 Å². The molecular weight excluding hydrogens is 213 g/mol. The minimum atomic E-state index is -0.991. The molecule has 2 rings (SSSR count). The highest BCUT2D eigenvalue weighted by Crippen LogP contribution is 2.35. The van der Waals surface area contributed by atoms with Crippen LogP contribution in [-0.4, -0.2) is 13.1 Å². The van der Waals surface area contributed by atoms with Gasteiger partial charge in [0.2, 0.25) is 0 Å². The maximum absolute atomic E-state index is 13.5. The summed E-state index contributed by atoms with van der Waals surface area (Å²) in [7, 11) is 0. The van der Waals surface area contributed by atoms with E-state index in [2.05, 4.69) is 5.32 Å². The average molecular weight is 228 g/mol. The summed E-state index contributed by atoms with van der Waals surface area (Å²) in [6.07, 6.45) is 0.0781. The zero-order valence-electron chi connectivity index (χ0n) is 8.76. The average Bonchev–Trinajstić information content (AvgIpc) is 2.69. The number of nitrogens with one attached hydrogen (secondary N) is 1. The lowest BCUT2D eigenvalue weighted by Crippen LogP contribution is -2.09. The van der Waals surface area contributed by atoms with E-state index in [1.807, 2.05) is 12.1 Å². The summed E-state index contributed by atoms with van der Waals surface area (Å²) >= 11 is 6.04. The van der Waals surface area contributed by atoms with Crippen LogP contribution in [0.3, 0.4) is 0 Å².